The fraction of sp³-hybridized carbons (Fsp3) is 0.409. The normalized spacial score (nSPS) is 24.1. The molecule has 3 aromatic rings. The third-order valence-corrected chi connectivity index (χ3v) is 6.45. The van der Waals surface area contributed by atoms with E-state index >= 15 is 0 Å². The Bertz CT molecular complexity index is 1300. The van der Waals surface area contributed by atoms with Crippen molar-refractivity contribution in [3.63, 3.8) is 0 Å². The van der Waals surface area contributed by atoms with Crippen LogP contribution in [0.5, 0.6) is 5.75 Å². The number of hydrogen-bond donors (Lipinski definition) is 1. The largest absolute Gasteiger partial charge is 0.493 e. The molecule has 1 N–H and O–H groups in total. The summed E-state index contributed by atoms with van der Waals surface area (Å²) in [5.74, 6) is -6.57. The first-order valence-electron chi connectivity index (χ1n) is 10.6. The number of aromatic nitrogens is 5. The molecule has 192 valence electrons. The van der Waals surface area contributed by atoms with E-state index in [4.69, 9.17) is 9.47 Å². The lowest BCUT2D eigenvalue weighted by Crippen LogP contribution is -2.47. The molecule has 4 atom stereocenters. The maximum absolute atomic E-state index is 14.5. The highest BCUT2D eigenvalue weighted by molar-refractivity contribution is 5.95. The minimum absolute atomic E-state index is 0.127. The van der Waals surface area contributed by atoms with E-state index < -0.39 is 53.0 Å². The van der Waals surface area contributed by atoms with Gasteiger partial charge in [0.25, 0.3) is 5.91 Å². The molecule has 3 heterocycles. The molecule has 1 amide bonds. The van der Waals surface area contributed by atoms with Gasteiger partial charge < -0.3 is 14.8 Å². The Morgan fingerprint density at radius 1 is 1.25 bits per heavy atom. The monoisotopic (exact) mass is 512 g/mol. The number of benzene rings is 1. The number of carbonyl (C=O) groups excluding carboxylic acids is 1. The second kappa shape index (κ2) is 9.08. The minimum atomic E-state index is -4.87. The van der Waals surface area contributed by atoms with E-state index in [2.05, 4.69) is 25.8 Å². The molecule has 1 aliphatic heterocycles. The van der Waals surface area contributed by atoms with Gasteiger partial charge in [0.05, 0.1) is 7.11 Å². The van der Waals surface area contributed by atoms with E-state index in [1.807, 2.05) is 0 Å². The number of tetrazole rings is 1. The summed E-state index contributed by atoms with van der Waals surface area (Å²) >= 11 is 0. The van der Waals surface area contributed by atoms with Gasteiger partial charge >= 0.3 is 6.18 Å². The molecule has 2 aromatic heterocycles. The van der Waals surface area contributed by atoms with Crippen LogP contribution in [0.1, 0.15) is 25.3 Å². The van der Waals surface area contributed by atoms with E-state index in [9.17, 15) is 26.7 Å². The van der Waals surface area contributed by atoms with Gasteiger partial charge in [0.15, 0.2) is 23.0 Å². The highest BCUT2D eigenvalue weighted by Gasteiger charge is 2.65. The van der Waals surface area contributed by atoms with Crippen molar-refractivity contribution in [1.29, 1.82) is 0 Å². The highest BCUT2D eigenvalue weighted by atomic mass is 19.4. The second-order valence-corrected chi connectivity index (χ2v) is 8.49. The van der Waals surface area contributed by atoms with Crippen molar-refractivity contribution in [2.45, 2.75) is 37.6 Å². The molecule has 1 aromatic carbocycles. The summed E-state index contributed by atoms with van der Waals surface area (Å²) in [5.41, 5.74) is -2.41. The zero-order chi connectivity index (χ0) is 26.4. The Kier molecular flexibility index (Phi) is 6.41. The molecule has 0 bridgehead atoms. The van der Waals surface area contributed by atoms with Gasteiger partial charge in [-0.3, -0.25) is 9.78 Å². The van der Waals surface area contributed by atoms with E-state index in [-0.39, 0.29) is 17.1 Å². The standard InChI is InChI=1S/C22H21F5N6O3/c1-10-15(12-5-6-13(23)16(24)17(12)35-4)18(36-21(10,2)22(25,26)27)20(34)29-11-7-8-28-14(9-11)19-30-31-32-33(19)3/h5-10,15,18H,1-4H3,(H,28,29,34)/t10-,15-,18+,21+/m0/s1. The van der Waals surface area contributed by atoms with Gasteiger partial charge in [-0.05, 0) is 35.5 Å². The molecule has 36 heavy (non-hydrogen) atoms. The summed E-state index contributed by atoms with van der Waals surface area (Å²) in [4.78, 5) is 17.4. The number of ether oxygens (including phenoxy) is 2. The maximum Gasteiger partial charge on any atom is 0.417 e. The van der Waals surface area contributed by atoms with Crippen LogP contribution in [0, 0.1) is 17.6 Å². The van der Waals surface area contributed by atoms with Gasteiger partial charge in [-0.2, -0.15) is 17.6 Å². The van der Waals surface area contributed by atoms with Gasteiger partial charge in [-0.1, -0.05) is 13.0 Å². The van der Waals surface area contributed by atoms with Crippen molar-refractivity contribution in [1.82, 2.24) is 25.2 Å². The predicted molar refractivity (Wildman–Crippen MR) is 115 cm³/mol. The van der Waals surface area contributed by atoms with Crippen molar-refractivity contribution < 1.29 is 36.2 Å². The maximum atomic E-state index is 14.5. The number of methoxy groups -OCH3 is 1. The molecule has 0 radical (unpaired) electrons. The number of aryl methyl sites for hydroxylation is 1. The first-order chi connectivity index (χ1) is 16.9. The van der Waals surface area contributed by atoms with Crippen molar-refractivity contribution in [3.05, 3.63) is 47.7 Å². The molecule has 1 fully saturated rings. The Labute approximate surface area is 201 Å². The van der Waals surface area contributed by atoms with Crippen molar-refractivity contribution in [2.75, 3.05) is 12.4 Å². The third-order valence-electron chi connectivity index (χ3n) is 6.45. The van der Waals surface area contributed by atoms with E-state index in [1.165, 1.54) is 29.9 Å². The zero-order valence-electron chi connectivity index (χ0n) is 19.5. The lowest BCUT2D eigenvalue weighted by molar-refractivity contribution is -0.272. The van der Waals surface area contributed by atoms with Gasteiger partial charge in [0.1, 0.15) is 11.8 Å². The van der Waals surface area contributed by atoms with Crippen LogP contribution < -0.4 is 10.1 Å². The smallest absolute Gasteiger partial charge is 0.417 e. The molecule has 0 unspecified atom stereocenters. The summed E-state index contributed by atoms with van der Waals surface area (Å²) in [7, 11) is 2.63. The second-order valence-electron chi connectivity index (χ2n) is 8.49. The van der Waals surface area contributed by atoms with Crippen molar-refractivity contribution >= 4 is 11.6 Å². The number of rotatable bonds is 5. The van der Waals surface area contributed by atoms with Crippen LogP contribution in [-0.2, 0) is 16.6 Å². The number of nitrogens with zero attached hydrogens (tertiary/aromatic N) is 5. The lowest BCUT2D eigenvalue weighted by atomic mass is 9.77. The number of pyridine rings is 1. The summed E-state index contributed by atoms with van der Waals surface area (Å²) in [6.45, 7) is 2.05. The lowest BCUT2D eigenvalue weighted by Gasteiger charge is -2.32. The van der Waals surface area contributed by atoms with Crippen LogP contribution in [0.3, 0.4) is 0 Å². The first kappa shape index (κ1) is 25.4. The van der Waals surface area contributed by atoms with Crippen molar-refractivity contribution in [2.24, 2.45) is 13.0 Å². The summed E-state index contributed by atoms with van der Waals surface area (Å²) in [5, 5.41) is 13.6. The van der Waals surface area contributed by atoms with Gasteiger partial charge in [-0.25, -0.2) is 9.07 Å². The first-order valence-corrected chi connectivity index (χ1v) is 10.6. The molecule has 0 saturated carbocycles. The predicted octanol–water partition coefficient (Wildman–Crippen LogP) is 3.64. The molecular formula is C22H21F5N6O3. The topological polar surface area (TPSA) is 104 Å². The molecule has 1 saturated heterocycles. The van der Waals surface area contributed by atoms with Crippen LogP contribution in [0.4, 0.5) is 27.6 Å². The fourth-order valence-electron chi connectivity index (χ4n) is 4.33. The van der Waals surface area contributed by atoms with Gasteiger partial charge in [0, 0.05) is 36.3 Å². The Hall–Kier alpha value is -3.68. The Morgan fingerprint density at radius 2 is 1.97 bits per heavy atom. The summed E-state index contributed by atoms with van der Waals surface area (Å²) in [6, 6.07) is 4.70. The highest BCUT2D eigenvalue weighted by Crippen LogP contribution is 2.55. The number of carbonyl (C=O) groups is 1. The number of alkyl halides is 3. The average molecular weight is 512 g/mol. The quantitative estimate of drug-likeness (QED) is 0.521. The molecular weight excluding hydrogens is 491 g/mol. The summed E-state index contributed by atoms with van der Waals surface area (Å²) < 4.78 is 82.2. The molecule has 0 aliphatic carbocycles. The molecule has 4 rings (SSSR count). The third kappa shape index (κ3) is 4.14. The van der Waals surface area contributed by atoms with Crippen LogP contribution >= 0.6 is 0 Å². The van der Waals surface area contributed by atoms with Crippen LogP contribution in [-0.4, -0.2) is 56.1 Å². The molecule has 14 heteroatoms. The number of halogens is 5. The molecule has 1 aliphatic rings. The van der Waals surface area contributed by atoms with Crippen LogP contribution in [0.2, 0.25) is 0 Å². The Morgan fingerprint density at radius 3 is 2.58 bits per heavy atom. The number of nitrogens with one attached hydrogen (secondary N) is 1. The SMILES string of the molecule is COc1c([C@H]2[C@H](C(=O)Nc3ccnc(-c4nnnn4C)c3)O[C@@](C)(C(F)(F)F)[C@H]2C)ccc(F)c1F. The van der Waals surface area contributed by atoms with E-state index in [1.54, 1.807) is 7.05 Å². The fourth-order valence-corrected chi connectivity index (χ4v) is 4.33. The van der Waals surface area contributed by atoms with Gasteiger partial charge in [-0.15, -0.1) is 5.10 Å². The molecule has 9 nitrogen and oxygen atoms in total. The zero-order valence-corrected chi connectivity index (χ0v) is 19.5. The minimum Gasteiger partial charge on any atom is -0.493 e. The number of amides is 1. The summed E-state index contributed by atoms with van der Waals surface area (Å²) in [6.07, 6.45) is -5.24. The van der Waals surface area contributed by atoms with Crippen molar-refractivity contribution in [3.8, 4) is 17.3 Å². The van der Waals surface area contributed by atoms with Crippen LogP contribution in [0.25, 0.3) is 11.5 Å². The number of hydrogen-bond acceptors (Lipinski definition) is 7. The average Bonchev–Trinajstić information content (AvgIpc) is 3.37. The number of anilines is 1. The molecule has 0 spiro atoms. The van der Waals surface area contributed by atoms with E-state index in [0.29, 0.717) is 5.69 Å². The van der Waals surface area contributed by atoms with Crippen LogP contribution in [0.15, 0.2) is 30.5 Å². The van der Waals surface area contributed by atoms with E-state index in [0.717, 1.165) is 26.2 Å². The van der Waals surface area contributed by atoms with Gasteiger partial charge in [0.2, 0.25) is 5.82 Å². The Balaban J connectivity index is 1.74.